The SMILES string of the molecule is C[Si](C)(C)/C=C1/C(=O)/C(=C\CO)c2ccccc21. The number of Topliss-reactive ketones (excluding diaryl/α,β-unsaturated/α-hetero) is 1. The number of carbonyl (C=O) groups is 1. The van der Waals surface area contributed by atoms with Gasteiger partial charge >= 0.3 is 0 Å². The van der Waals surface area contributed by atoms with Gasteiger partial charge in [0.2, 0.25) is 0 Å². The second-order valence-corrected chi connectivity index (χ2v) is 10.6. The van der Waals surface area contributed by atoms with Crippen LogP contribution in [0.5, 0.6) is 0 Å². The number of ketones is 1. The van der Waals surface area contributed by atoms with Gasteiger partial charge < -0.3 is 5.11 Å². The summed E-state index contributed by atoms with van der Waals surface area (Å²) >= 11 is 0. The Morgan fingerprint density at radius 1 is 1.11 bits per heavy atom. The van der Waals surface area contributed by atoms with Gasteiger partial charge in [0.25, 0.3) is 0 Å². The molecule has 1 aliphatic carbocycles. The molecule has 0 radical (unpaired) electrons. The minimum absolute atomic E-state index is 0.0488. The molecular weight excluding hydrogens is 240 g/mol. The van der Waals surface area contributed by atoms with Crippen LogP contribution in [-0.2, 0) is 4.79 Å². The van der Waals surface area contributed by atoms with E-state index in [0.717, 1.165) is 16.7 Å². The molecule has 0 saturated carbocycles. The van der Waals surface area contributed by atoms with E-state index in [1.165, 1.54) is 0 Å². The number of aliphatic hydroxyl groups excluding tert-OH is 1. The second-order valence-electron chi connectivity index (χ2n) is 5.60. The smallest absolute Gasteiger partial charge is 0.193 e. The van der Waals surface area contributed by atoms with Crippen LogP contribution in [0.25, 0.3) is 11.1 Å². The molecule has 0 aromatic heterocycles. The maximum absolute atomic E-state index is 12.4. The summed E-state index contributed by atoms with van der Waals surface area (Å²) in [6.45, 7) is 6.53. The molecule has 94 valence electrons. The Morgan fingerprint density at radius 2 is 1.67 bits per heavy atom. The number of carbonyl (C=O) groups excluding carboxylic acids is 1. The van der Waals surface area contributed by atoms with Crippen LogP contribution in [0.3, 0.4) is 0 Å². The largest absolute Gasteiger partial charge is 0.392 e. The molecule has 18 heavy (non-hydrogen) atoms. The Kier molecular flexibility index (Phi) is 3.37. The van der Waals surface area contributed by atoms with Crippen molar-refractivity contribution in [3.05, 3.63) is 47.2 Å². The van der Waals surface area contributed by atoms with Gasteiger partial charge in [0.05, 0.1) is 14.7 Å². The lowest BCUT2D eigenvalue weighted by Crippen LogP contribution is -2.17. The quantitative estimate of drug-likeness (QED) is 0.654. The number of hydrogen-bond acceptors (Lipinski definition) is 2. The van der Waals surface area contributed by atoms with E-state index in [1.54, 1.807) is 6.08 Å². The van der Waals surface area contributed by atoms with Crippen molar-refractivity contribution in [1.29, 1.82) is 0 Å². The molecule has 0 spiro atoms. The van der Waals surface area contributed by atoms with E-state index in [4.69, 9.17) is 5.11 Å². The molecule has 1 aromatic carbocycles. The van der Waals surface area contributed by atoms with Crippen molar-refractivity contribution in [2.24, 2.45) is 0 Å². The second kappa shape index (κ2) is 4.67. The van der Waals surface area contributed by atoms with E-state index < -0.39 is 8.07 Å². The molecule has 0 heterocycles. The summed E-state index contributed by atoms with van der Waals surface area (Å²) in [7, 11) is -1.46. The summed E-state index contributed by atoms with van der Waals surface area (Å²) in [6, 6.07) is 7.80. The number of benzene rings is 1. The average Bonchev–Trinajstić information content (AvgIpc) is 2.54. The molecule has 2 rings (SSSR count). The van der Waals surface area contributed by atoms with E-state index in [9.17, 15) is 4.79 Å². The molecule has 0 amide bonds. The highest BCUT2D eigenvalue weighted by molar-refractivity contribution is 6.83. The molecule has 1 N–H and O–H groups in total. The predicted octanol–water partition coefficient (Wildman–Crippen LogP) is 2.91. The number of rotatable bonds is 2. The van der Waals surface area contributed by atoms with Crippen molar-refractivity contribution in [1.82, 2.24) is 0 Å². The van der Waals surface area contributed by atoms with Crippen LogP contribution >= 0.6 is 0 Å². The molecule has 0 bridgehead atoms. The minimum atomic E-state index is -1.46. The average molecular weight is 258 g/mol. The van der Waals surface area contributed by atoms with Gasteiger partial charge in [0.1, 0.15) is 0 Å². The monoisotopic (exact) mass is 258 g/mol. The summed E-state index contributed by atoms with van der Waals surface area (Å²) in [6.07, 6.45) is 1.60. The fourth-order valence-electron chi connectivity index (χ4n) is 2.21. The Hall–Kier alpha value is -1.45. The molecule has 0 aliphatic heterocycles. The summed E-state index contributed by atoms with van der Waals surface area (Å²) in [5, 5.41) is 9.05. The van der Waals surface area contributed by atoms with Gasteiger partial charge in [0, 0.05) is 11.1 Å². The molecule has 1 aromatic rings. The van der Waals surface area contributed by atoms with E-state index in [1.807, 2.05) is 24.3 Å². The first-order chi connectivity index (χ1) is 8.44. The van der Waals surface area contributed by atoms with Crippen LogP contribution in [0.1, 0.15) is 11.1 Å². The summed E-state index contributed by atoms with van der Waals surface area (Å²) in [5.74, 6) is 0.0488. The van der Waals surface area contributed by atoms with Gasteiger partial charge in [-0.15, -0.1) is 0 Å². The van der Waals surface area contributed by atoms with Gasteiger partial charge in [-0.3, -0.25) is 4.79 Å². The number of hydrogen-bond donors (Lipinski definition) is 1. The normalized spacial score (nSPS) is 19.7. The molecule has 0 saturated heterocycles. The molecule has 1 aliphatic rings. The van der Waals surface area contributed by atoms with Crippen molar-refractivity contribution in [2.45, 2.75) is 19.6 Å². The lowest BCUT2D eigenvalue weighted by atomic mass is 10.1. The zero-order valence-corrected chi connectivity index (χ0v) is 12.0. The van der Waals surface area contributed by atoms with Gasteiger partial charge in [-0.05, 0) is 17.2 Å². The Bertz CT molecular complexity index is 548. The predicted molar refractivity (Wildman–Crippen MR) is 77.8 cm³/mol. The van der Waals surface area contributed by atoms with E-state index in [2.05, 4.69) is 25.3 Å². The van der Waals surface area contributed by atoms with Crippen molar-refractivity contribution in [2.75, 3.05) is 6.61 Å². The molecule has 3 heteroatoms. The van der Waals surface area contributed by atoms with Crippen molar-refractivity contribution < 1.29 is 9.90 Å². The zero-order chi connectivity index (χ0) is 13.3. The molecular formula is C15H18O2Si. The van der Waals surface area contributed by atoms with E-state index in [-0.39, 0.29) is 12.4 Å². The summed E-state index contributed by atoms with van der Waals surface area (Å²) in [5.41, 5.74) is 5.54. The van der Waals surface area contributed by atoms with Crippen LogP contribution < -0.4 is 0 Å². The van der Waals surface area contributed by atoms with Crippen LogP contribution in [0, 0.1) is 0 Å². The van der Waals surface area contributed by atoms with Crippen molar-refractivity contribution >= 4 is 25.0 Å². The lowest BCUT2D eigenvalue weighted by molar-refractivity contribution is -0.108. The molecule has 2 nitrogen and oxygen atoms in total. The first-order valence-corrected chi connectivity index (χ1v) is 9.70. The number of fused-ring (bicyclic) bond motifs is 1. The Balaban J connectivity index is 2.63. The third kappa shape index (κ3) is 2.37. The number of aliphatic hydroxyl groups is 1. The van der Waals surface area contributed by atoms with Gasteiger partial charge in [-0.2, -0.15) is 0 Å². The van der Waals surface area contributed by atoms with E-state index in [0.29, 0.717) is 5.57 Å². The third-order valence-electron chi connectivity index (χ3n) is 2.87. The molecule has 0 unspecified atom stereocenters. The van der Waals surface area contributed by atoms with Gasteiger partial charge in [-0.25, -0.2) is 0 Å². The maximum Gasteiger partial charge on any atom is 0.193 e. The van der Waals surface area contributed by atoms with Gasteiger partial charge in [0.15, 0.2) is 5.78 Å². The minimum Gasteiger partial charge on any atom is -0.392 e. The number of allylic oxidation sites excluding steroid dienone is 2. The van der Waals surface area contributed by atoms with Crippen molar-refractivity contribution in [3.8, 4) is 0 Å². The summed E-state index contributed by atoms with van der Waals surface area (Å²) < 4.78 is 0. The topological polar surface area (TPSA) is 37.3 Å². The van der Waals surface area contributed by atoms with Crippen molar-refractivity contribution in [3.63, 3.8) is 0 Å². The fraction of sp³-hybridized carbons (Fsp3) is 0.267. The van der Waals surface area contributed by atoms with E-state index >= 15 is 0 Å². The first-order valence-electron chi connectivity index (χ1n) is 6.12. The van der Waals surface area contributed by atoms with Crippen LogP contribution in [0.15, 0.2) is 36.0 Å². The Labute approximate surface area is 109 Å². The van der Waals surface area contributed by atoms with Gasteiger partial charge in [-0.1, -0.05) is 49.6 Å². The van der Waals surface area contributed by atoms with Crippen LogP contribution in [0.4, 0.5) is 0 Å². The van der Waals surface area contributed by atoms with Crippen LogP contribution in [0.2, 0.25) is 19.6 Å². The summed E-state index contributed by atoms with van der Waals surface area (Å²) in [4.78, 5) is 12.4. The fourth-order valence-corrected chi connectivity index (χ4v) is 3.37. The molecule has 0 fully saturated rings. The Morgan fingerprint density at radius 3 is 2.17 bits per heavy atom. The first kappa shape index (κ1) is 13.0. The van der Waals surface area contributed by atoms with Crippen LogP contribution in [-0.4, -0.2) is 25.6 Å². The highest BCUT2D eigenvalue weighted by atomic mass is 28.3. The highest BCUT2D eigenvalue weighted by Gasteiger charge is 2.30. The molecule has 0 atom stereocenters. The highest BCUT2D eigenvalue weighted by Crippen LogP contribution is 2.38. The lowest BCUT2D eigenvalue weighted by Gasteiger charge is -2.10. The third-order valence-corrected chi connectivity index (χ3v) is 4.02. The zero-order valence-electron chi connectivity index (χ0n) is 11.0. The standard InChI is InChI=1S/C15H18O2Si/c1-18(2,3)10-14-12-7-5-4-6-11(12)13(8-9-16)15(14)17/h4-8,10,16H,9H2,1-3H3/b13-8-,14-10+. The maximum atomic E-state index is 12.4.